The Morgan fingerprint density at radius 3 is 2.12 bits per heavy atom. The van der Waals surface area contributed by atoms with Crippen molar-refractivity contribution in [3.8, 4) is 11.8 Å². The van der Waals surface area contributed by atoms with Crippen LogP contribution in [0.3, 0.4) is 0 Å². The molecule has 0 radical (unpaired) electrons. The van der Waals surface area contributed by atoms with Gasteiger partial charge in [0.05, 0.1) is 12.2 Å². The van der Waals surface area contributed by atoms with E-state index in [1.165, 1.54) is 0 Å². The molecule has 1 saturated heterocycles. The first-order valence-electron chi connectivity index (χ1n) is 6.21. The number of rotatable bonds is 2. The van der Waals surface area contributed by atoms with Gasteiger partial charge in [-0.05, 0) is 30.9 Å². The third-order valence-electron chi connectivity index (χ3n) is 2.92. The molecule has 1 unspecified atom stereocenters. The van der Waals surface area contributed by atoms with Gasteiger partial charge in [0, 0.05) is 5.56 Å². The molecule has 90 valence electrons. The lowest BCUT2D eigenvalue weighted by Gasteiger charge is -2.11. The van der Waals surface area contributed by atoms with Gasteiger partial charge in [0.25, 0.3) is 0 Å². The third-order valence-corrected chi connectivity index (χ3v) is 2.92. The zero-order chi connectivity index (χ0) is 12.1. The summed E-state index contributed by atoms with van der Waals surface area (Å²) in [7, 11) is 0. The molecule has 1 fully saturated rings. The Kier molecular flexibility index (Phi) is 4.19. The first kappa shape index (κ1) is 12.2. The maximum Gasteiger partial charge on any atom is 0.223 e. The van der Waals surface area contributed by atoms with E-state index in [-0.39, 0.29) is 18.5 Å². The summed E-state index contributed by atoms with van der Waals surface area (Å²) in [4.78, 5) is 0. The van der Waals surface area contributed by atoms with E-state index in [0.717, 1.165) is 18.4 Å². The van der Waals surface area contributed by atoms with Crippen molar-refractivity contribution in [3.05, 3.63) is 35.9 Å². The van der Waals surface area contributed by atoms with Crippen LogP contribution < -0.4 is 0 Å². The first-order valence-corrected chi connectivity index (χ1v) is 6.21. The van der Waals surface area contributed by atoms with Crippen LogP contribution in [0, 0.1) is 11.8 Å². The molecule has 0 bridgehead atoms. The molecule has 2 rings (SSSR count). The number of hydrogen-bond donors (Lipinski definition) is 0. The maximum atomic E-state index is 5.74. The Balaban J connectivity index is 2.00. The Morgan fingerprint density at radius 1 is 1.00 bits per heavy atom. The summed E-state index contributed by atoms with van der Waals surface area (Å²) in [6.07, 6.45) is 1.96. The van der Waals surface area contributed by atoms with Crippen LogP contribution >= 0.6 is 0 Å². The summed E-state index contributed by atoms with van der Waals surface area (Å²) in [5, 5.41) is 0. The maximum absolute atomic E-state index is 5.74. The fourth-order valence-corrected chi connectivity index (χ4v) is 1.97. The van der Waals surface area contributed by atoms with E-state index >= 15 is 0 Å². The van der Waals surface area contributed by atoms with Crippen LogP contribution in [0.5, 0.6) is 0 Å². The van der Waals surface area contributed by atoms with E-state index < -0.39 is 0 Å². The highest BCUT2D eigenvalue weighted by atomic mass is 16.7. The topological polar surface area (TPSA) is 18.5 Å². The van der Waals surface area contributed by atoms with Crippen molar-refractivity contribution in [2.75, 3.05) is 0 Å². The van der Waals surface area contributed by atoms with Crippen molar-refractivity contribution in [2.45, 2.75) is 45.2 Å². The summed E-state index contributed by atoms with van der Waals surface area (Å²) in [5.41, 5.74) is 0.993. The van der Waals surface area contributed by atoms with Gasteiger partial charge in [-0.15, -0.1) is 0 Å². The highest BCUT2D eigenvalue weighted by Crippen LogP contribution is 2.23. The fraction of sp³-hybridized carbons (Fsp3) is 0.467. The second-order valence-electron chi connectivity index (χ2n) is 4.13. The minimum atomic E-state index is -0.370. The molecule has 1 heterocycles. The van der Waals surface area contributed by atoms with Gasteiger partial charge in [-0.3, -0.25) is 0 Å². The molecule has 17 heavy (non-hydrogen) atoms. The Labute approximate surface area is 103 Å². The summed E-state index contributed by atoms with van der Waals surface area (Å²) in [6.45, 7) is 4.23. The fourth-order valence-electron chi connectivity index (χ4n) is 1.97. The van der Waals surface area contributed by atoms with E-state index in [1.807, 2.05) is 30.3 Å². The van der Waals surface area contributed by atoms with Crippen LogP contribution in [0.1, 0.15) is 32.3 Å². The highest BCUT2D eigenvalue weighted by Gasteiger charge is 2.32. The molecule has 0 spiro atoms. The standard InChI is InChI=1S/C15H18O2/c1-3-13-14(4-2)17-15(16-13)11-10-12-8-6-5-7-9-12/h5-9,13-15H,3-4H2,1-2H3/t13-,14+,15?. The Morgan fingerprint density at radius 2 is 1.59 bits per heavy atom. The van der Waals surface area contributed by atoms with Crippen molar-refractivity contribution < 1.29 is 9.47 Å². The van der Waals surface area contributed by atoms with Gasteiger partial charge in [0.15, 0.2) is 0 Å². The summed E-state index contributed by atoms with van der Waals surface area (Å²) in [6, 6.07) is 9.90. The van der Waals surface area contributed by atoms with Crippen LogP contribution in [0.4, 0.5) is 0 Å². The van der Waals surface area contributed by atoms with Gasteiger partial charge in [0.1, 0.15) is 0 Å². The van der Waals surface area contributed by atoms with E-state index in [2.05, 4.69) is 25.7 Å². The molecule has 2 heteroatoms. The van der Waals surface area contributed by atoms with Gasteiger partial charge in [-0.1, -0.05) is 38.0 Å². The van der Waals surface area contributed by atoms with E-state index in [4.69, 9.17) is 9.47 Å². The molecule has 3 atom stereocenters. The molecule has 0 N–H and O–H groups in total. The average molecular weight is 230 g/mol. The number of benzene rings is 1. The predicted molar refractivity (Wildman–Crippen MR) is 67.4 cm³/mol. The second kappa shape index (κ2) is 5.86. The number of ether oxygens (including phenoxy) is 2. The lowest BCUT2D eigenvalue weighted by atomic mass is 10.1. The van der Waals surface area contributed by atoms with Crippen molar-refractivity contribution in [1.29, 1.82) is 0 Å². The minimum Gasteiger partial charge on any atom is -0.336 e. The van der Waals surface area contributed by atoms with Crippen LogP contribution in [0.15, 0.2) is 30.3 Å². The quantitative estimate of drug-likeness (QED) is 0.727. The van der Waals surface area contributed by atoms with Crippen LogP contribution in [-0.4, -0.2) is 18.5 Å². The zero-order valence-electron chi connectivity index (χ0n) is 10.3. The predicted octanol–water partition coefficient (Wildman–Crippen LogP) is 2.97. The molecule has 0 aliphatic carbocycles. The van der Waals surface area contributed by atoms with Crippen molar-refractivity contribution >= 4 is 0 Å². The van der Waals surface area contributed by atoms with Crippen LogP contribution in [0.25, 0.3) is 0 Å². The zero-order valence-corrected chi connectivity index (χ0v) is 10.3. The van der Waals surface area contributed by atoms with Crippen molar-refractivity contribution in [2.24, 2.45) is 0 Å². The molecule has 0 saturated carbocycles. The summed E-state index contributed by atoms with van der Waals surface area (Å²) in [5.74, 6) is 6.11. The Bertz CT molecular complexity index is 390. The number of hydrogen-bond acceptors (Lipinski definition) is 2. The van der Waals surface area contributed by atoms with E-state index in [0.29, 0.717) is 0 Å². The molecule has 1 aliphatic heterocycles. The molecule has 1 aromatic carbocycles. The first-order chi connectivity index (χ1) is 8.33. The largest absolute Gasteiger partial charge is 0.336 e. The normalized spacial score (nSPS) is 27.5. The lowest BCUT2D eigenvalue weighted by Crippen LogP contribution is -2.20. The molecule has 0 aromatic heterocycles. The molecule has 0 amide bonds. The van der Waals surface area contributed by atoms with Gasteiger partial charge in [-0.25, -0.2) is 0 Å². The summed E-state index contributed by atoms with van der Waals surface area (Å²) >= 11 is 0. The molecule has 1 aromatic rings. The molecular formula is C15H18O2. The molecule has 2 nitrogen and oxygen atoms in total. The van der Waals surface area contributed by atoms with E-state index in [9.17, 15) is 0 Å². The van der Waals surface area contributed by atoms with Crippen LogP contribution in [-0.2, 0) is 9.47 Å². The van der Waals surface area contributed by atoms with Gasteiger partial charge in [-0.2, -0.15) is 0 Å². The van der Waals surface area contributed by atoms with Gasteiger partial charge < -0.3 is 9.47 Å². The lowest BCUT2D eigenvalue weighted by molar-refractivity contribution is -0.0214. The SMILES string of the molecule is CC[C@@H]1OC(C#Cc2ccccc2)O[C@@H]1CC. The second-order valence-corrected chi connectivity index (χ2v) is 4.13. The van der Waals surface area contributed by atoms with Crippen molar-refractivity contribution in [3.63, 3.8) is 0 Å². The Hall–Kier alpha value is -1.30. The molecule has 1 aliphatic rings. The smallest absolute Gasteiger partial charge is 0.223 e. The van der Waals surface area contributed by atoms with Crippen molar-refractivity contribution in [1.82, 2.24) is 0 Å². The van der Waals surface area contributed by atoms with Crippen LogP contribution in [0.2, 0.25) is 0 Å². The van der Waals surface area contributed by atoms with E-state index in [1.54, 1.807) is 0 Å². The highest BCUT2D eigenvalue weighted by molar-refractivity contribution is 5.34. The van der Waals surface area contributed by atoms with Gasteiger partial charge >= 0.3 is 0 Å². The summed E-state index contributed by atoms with van der Waals surface area (Å²) < 4.78 is 11.5. The third kappa shape index (κ3) is 3.09. The molecular weight excluding hydrogens is 212 g/mol. The average Bonchev–Trinajstić information content (AvgIpc) is 2.80. The minimum absolute atomic E-state index is 0.190. The monoisotopic (exact) mass is 230 g/mol. The van der Waals surface area contributed by atoms with Gasteiger partial charge in [0.2, 0.25) is 6.29 Å².